The Morgan fingerprint density at radius 2 is 1.59 bits per heavy atom. The number of nitrogens with one attached hydrogen (secondary N) is 3. The Balaban J connectivity index is 1.94. The van der Waals surface area contributed by atoms with Gasteiger partial charge < -0.3 is 25.4 Å². The predicted molar refractivity (Wildman–Crippen MR) is 126 cm³/mol. The molecule has 0 spiro atoms. The van der Waals surface area contributed by atoms with Crippen molar-refractivity contribution in [2.45, 2.75) is 32.6 Å². The minimum Gasteiger partial charge on any atom is -0.495 e. The molecule has 0 atom stereocenters. The number of ether oxygens (including phenoxy) is 2. The number of anilines is 3. The van der Waals surface area contributed by atoms with Crippen molar-refractivity contribution in [2.75, 3.05) is 30.2 Å². The third kappa shape index (κ3) is 7.21. The number of carbonyl (C=O) groups excluding carboxylic acids is 1. The van der Waals surface area contributed by atoms with Gasteiger partial charge in [-0.2, -0.15) is 0 Å². The Bertz CT molecular complexity index is 844. The van der Waals surface area contributed by atoms with E-state index in [1.54, 1.807) is 20.3 Å². The maximum atomic E-state index is 11.9. The molecule has 0 saturated carbocycles. The SMILES string of the molecule is CCCCCC(=O)Nc1ccc(NC(=S)Nc2cc(Br)c(OC)cc2OC)cc1. The van der Waals surface area contributed by atoms with E-state index >= 15 is 0 Å². The molecule has 0 aromatic heterocycles. The van der Waals surface area contributed by atoms with Crippen LogP contribution < -0.4 is 25.4 Å². The summed E-state index contributed by atoms with van der Waals surface area (Å²) in [5.41, 5.74) is 2.27. The molecule has 0 unspecified atom stereocenters. The minimum atomic E-state index is 0.0357. The lowest BCUT2D eigenvalue weighted by atomic mass is 10.2. The first-order chi connectivity index (χ1) is 14.0. The Morgan fingerprint density at radius 3 is 2.17 bits per heavy atom. The van der Waals surface area contributed by atoms with Gasteiger partial charge in [0, 0.05) is 23.9 Å². The summed E-state index contributed by atoms with van der Waals surface area (Å²) in [6.07, 6.45) is 3.62. The van der Waals surface area contributed by atoms with Crippen LogP contribution in [0, 0.1) is 0 Å². The normalized spacial score (nSPS) is 10.2. The van der Waals surface area contributed by atoms with Crippen LogP contribution in [-0.2, 0) is 4.79 Å². The second-order valence-electron chi connectivity index (χ2n) is 6.35. The number of unbranched alkanes of at least 4 members (excludes halogenated alkanes) is 2. The molecule has 0 aliphatic carbocycles. The molecular weight excluding hydrogens is 454 g/mol. The summed E-state index contributed by atoms with van der Waals surface area (Å²) in [4.78, 5) is 11.9. The highest BCUT2D eigenvalue weighted by atomic mass is 79.9. The highest BCUT2D eigenvalue weighted by Gasteiger charge is 2.11. The van der Waals surface area contributed by atoms with Crippen molar-refractivity contribution in [3.05, 3.63) is 40.9 Å². The molecule has 0 heterocycles. The zero-order chi connectivity index (χ0) is 21.2. The molecular formula is C21H26BrN3O3S. The minimum absolute atomic E-state index is 0.0357. The van der Waals surface area contributed by atoms with Gasteiger partial charge in [0.25, 0.3) is 0 Å². The van der Waals surface area contributed by atoms with Gasteiger partial charge in [-0.05, 0) is 64.9 Å². The summed E-state index contributed by atoms with van der Waals surface area (Å²) < 4.78 is 11.4. The quantitative estimate of drug-likeness (QED) is 0.312. The Morgan fingerprint density at radius 1 is 0.966 bits per heavy atom. The number of benzene rings is 2. The van der Waals surface area contributed by atoms with E-state index in [0.29, 0.717) is 28.7 Å². The van der Waals surface area contributed by atoms with E-state index in [1.165, 1.54) is 0 Å². The third-order valence-electron chi connectivity index (χ3n) is 4.16. The number of amides is 1. The second kappa shape index (κ2) is 11.6. The lowest BCUT2D eigenvalue weighted by Crippen LogP contribution is -2.19. The van der Waals surface area contributed by atoms with Crippen LogP contribution in [0.3, 0.4) is 0 Å². The molecule has 29 heavy (non-hydrogen) atoms. The molecule has 156 valence electrons. The second-order valence-corrected chi connectivity index (χ2v) is 7.61. The fourth-order valence-electron chi connectivity index (χ4n) is 2.64. The van der Waals surface area contributed by atoms with Gasteiger partial charge in [0.2, 0.25) is 5.91 Å². The molecule has 0 saturated heterocycles. The number of carbonyl (C=O) groups is 1. The fourth-order valence-corrected chi connectivity index (χ4v) is 3.37. The average Bonchev–Trinajstić information content (AvgIpc) is 2.70. The van der Waals surface area contributed by atoms with Crippen LogP contribution in [0.4, 0.5) is 17.1 Å². The maximum Gasteiger partial charge on any atom is 0.224 e. The first-order valence-electron chi connectivity index (χ1n) is 9.36. The van der Waals surface area contributed by atoms with Crippen molar-refractivity contribution in [1.82, 2.24) is 0 Å². The van der Waals surface area contributed by atoms with Crippen molar-refractivity contribution in [1.29, 1.82) is 0 Å². The molecule has 8 heteroatoms. The van der Waals surface area contributed by atoms with Crippen LogP contribution in [0.5, 0.6) is 11.5 Å². The summed E-state index contributed by atoms with van der Waals surface area (Å²) in [7, 11) is 3.18. The van der Waals surface area contributed by atoms with E-state index < -0.39 is 0 Å². The van der Waals surface area contributed by atoms with E-state index in [2.05, 4.69) is 38.8 Å². The first kappa shape index (κ1) is 23.0. The van der Waals surface area contributed by atoms with Crippen molar-refractivity contribution >= 4 is 56.2 Å². The Labute approximate surface area is 185 Å². The van der Waals surface area contributed by atoms with Gasteiger partial charge in [-0.15, -0.1) is 0 Å². The summed E-state index contributed by atoms with van der Waals surface area (Å²) in [5.74, 6) is 1.31. The molecule has 0 radical (unpaired) electrons. The highest BCUT2D eigenvalue weighted by molar-refractivity contribution is 9.10. The van der Waals surface area contributed by atoms with Gasteiger partial charge in [0.05, 0.1) is 24.4 Å². The topological polar surface area (TPSA) is 71.6 Å². The van der Waals surface area contributed by atoms with Gasteiger partial charge in [-0.3, -0.25) is 4.79 Å². The zero-order valence-corrected chi connectivity index (χ0v) is 19.2. The summed E-state index contributed by atoms with van der Waals surface area (Å²) in [6, 6.07) is 11.0. The molecule has 0 aliphatic rings. The van der Waals surface area contributed by atoms with Gasteiger partial charge in [0.1, 0.15) is 11.5 Å². The molecule has 0 fully saturated rings. The Hall–Kier alpha value is -2.32. The molecule has 3 N–H and O–H groups in total. The summed E-state index contributed by atoms with van der Waals surface area (Å²) in [6.45, 7) is 2.12. The highest BCUT2D eigenvalue weighted by Crippen LogP contribution is 2.36. The maximum absolute atomic E-state index is 11.9. The molecule has 2 rings (SSSR count). The van der Waals surface area contributed by atoms with E-state index in [-0.39, 0.29) is 5.91 Å². The largest absolute Gasteiger partial charge is 0.495 e. The first-order valence-corrected chi connectivity index (χ1v) is 10.6. The van der Waals surface area contributed by atoms with E-state index in [4.69, 9.17) is 21.7 Å². The molecule has 1 amide bonds. The zero-order valence-electron chi connectivity index (χ0n) is 16.8. The van der Waals surface area contributed by atoms with Crippen LogP contribution in [0.15, 0.2) is 40.9 Å². The molecule has 2 aromatic carbocycles. The summed E-state index contributed by atoms with van der Waals surface area (Å²) in [5, 5.41) is 9.55. The van der Waals surface area contributed by atoms with Gasteiger partial charge in [-0.25, -0.2) is 0 Å². The van der Waals surface area contributed by atoms with E-state index in [0.717, 1.165) is 35.1 Å². The van der Waals surface area contributed by atoms with Gasteiger partial charge in [-0.1, -0.05) is 19.8 Å². The van der Waals surface area contributed by atoms with E-state index in [1.807, 2.05) is 30.3 Å². The standard InChI is InChI=1S/C21H26BrN3O3S/c1-4-5-6-7-20(26)23-14-8-10-15(11-9-14)24-21(29)25-17-12-16(22)18(27-2)13-19(17)28-3/h8-13H,4-7H2,1-3H3,(H,23,26)(H2,24,25,29). The predicted octanol–water partition coefficient (Wildman–Crippen LogP) is 5.79. The van der Waals surface area contributed by atoms with Crippen molar-refractivity contribution in [2.24, 2.45) is 0 Å². The smallest absolute Gasteiger partial charge is 0.224 e. The van der Waals surface area contributed by atoms with Crippen molar-refractivity contribution < 1.29 is 14.3 Å². The van der Waals surface area contributed by atoms with Crippen LogP contribution in [0.2, 0.25) is 0 Å². The molecule has 0 aliphatic heterocycles. The van der Waals surface area contributed by atoms with E-state index in [9.17, 15) is 4.79 Å². The number of hydrogen-bond donors (Lipinski definition) is 3. The number of halogens is 1. The number of rotatable bonds is 9. The molecule has 6 nitrogen and oxygen atoms in total. The van der Waals surface area contributed by atoms with Crippen LogP contribution in [-0.4, -0.2) is 25.2 Å². The molecule has 0 bridgehead atoms. The lowest BCUT2D eigenvalue weighted by molar-refractivity contribution is -0.116. The average molecular weight is 480 g/mol. The van der Waals surface area contributed by atoms with Gasteiger partial charge in [0.15, 0.2) is 5.11 Å². The fraction of sp³-hybridized carbons (Fsp3) is 0.333. The van der Waals surface area contributed by atoms with Crippen LogP contribution in [0.1, 0.15) is 32.6 Å². The molecule has 2 aromatic rings. The number of thiocarbonyl (C=S) groups is 1. The number of methoxy groups -OCH3 is 2. The van der Waals surface area contributed by atoms with Gasteiger partial charge >= 0.3 is 0 Å². The van der Waals surface area contributed by atoms with Crippen molar-refractivity contribution in [3.63, 3.8) is 0 Å². The Kier molecular flexibility index (Phi) is 9.21. The van der Waals surface area contributed by atoms with Crippen LogP contribution in [0.25, 0.3) is 0 Å². The lowest BCUT2D eigenvalue weighted by Gasteiger charge is -2.15. The van der Waals surface area contributed by atoms with Crippen LogP contribution >= 0.6 is 28.1 Å². The number of hydrogen-bond acceptors (Lipinski definition) is 4. The summed E-state index contributed by atoms with van der Waals surface area (Å²) >= 11 is 8.85. The van der Waals surface area contributed by atoms with Crippen molar-refractivity contribution in [3.8, 4) is 11.5 Å². The third-order valence-corrected chi connectivity index (χ3v) is 4.98. The monoisotopic (exact) mass is 479 g/mol.